The molecule has 1 unspecified atom stereocenters. The fraction of sp³-hybridized carbons (Fsp3) is 0.143. The third kappa shape index (κ3) is 4.11. The Morgan fingerprint density at radius 1 is 1.04 bits per heavy atom. The quantitative estimate of drug-likeness (QED) is 0.570. The molecule has 0 spiro atoms. The van der Waals surface area contributed by atoms with Gasteiger partial charge in [0.15, 0.2) is 0 Å². The largest absolute Gasteiger partial charge is 0.379 e. The molecule has 2 bridgehead atoms. The average Bonchev–Trinajstić information content (AvgIpc) is 2.77. The summed E-state index contributed by atoms with van der Waals surface area (Å²) in [4.78, 5) is 17.2. The first-order chi connectivity index (χ1) is 13.1. The molecule has 0 amide bonds. The standard InChI is InChI=1S/C21H19BrN4O/c1-13-2-4-14(5-3-13)21-25-18-11-20(26-21)24-17(10-19(18)27)12-23-16-8-6-15(22)7-9-16/h2-11,21,23,25H,12H2,1H3,(H,24,26). The lowest BCUT2D eigenvalue weighted by molar-refractivity contribution is 0.875. The number of nitrogens with zero attached hydrogens (tertiary/aromatic N) is 1. The molecule has 5 nitrogen and oxygen atoms in total. The summed E-state index contributed by atoms with van der Waals surface area (Å²) in [5, 5.41) is 9.91. The van der Waals surface area contributed by atoms with E-state index in [1.54, 1.807) is 12.1 Å². The Bertz CT molecular complexity index is 1020. The van der Waals surface area contributed by atoms with Gasteiger partial charge in [-0.05, 0) is 36.8 Å². The van der Waals surface area contributed by atoms with Crippen molar-refractivity contribution in [2.45, 2.75) is 19.6 Å². The van der Waals surface area contributed by atoms with Crippen LogP contribution in [-0.2, 0) is 6.54 Å². The number of aryl methyl sites for hydroxylation is 1. The summed E-state index contributed by atoms with van der Waals surface area (Å²) >= 11 is 3.42. The maximum atomic E-state index is 12.6. The van der Waals surface area contributed by atoms with Crippen LogP contribution in [0.3, 0.4) is 0 Å². The first kappa shape index (κ1) is 17.5. The van der Waals surface area contributed by atoms with Crippen molar-refractivity contribution in [1.82, 2.24) is 4.98 Å². The van der Waals surface area contributed by atoms with E-state index in [9.17, 15) is 4.79 Å². The number of anilines is 3. The maximum absolute atomic E-state index is 12.6. The molecule has 1 atom stereocenters. The monoisotopic (exact) mass is 422 g/mol. The first-order valence-electron chi connectivity index (χ1n) is 8.71. The molecule has 2 aromatic carbocycles. The molecule has 0 fully saturated rings. The molecule has 1 aliphatic heterocycles. The van der Waals surface area contributed by atoms with Gasteiger partial charge in [-0.1, -0.05) is 45.8 Å². The van der Waals surface area contributed by atoms with Gasteiger partial charge in [0.05, 0.1) is 17.9 Å². The highest BCUT2D eigenvalue weighted by molar-refractivity contribution is 9.10. The molecule has 1 aromatic heterocycles. The summed E-state index contributed by atoms with van der Waals surface area (Å²) in [6.45, 7) is 2.52. The second-order valence-electron chi connectivity index (χ2n) is 6.55. The molecule has 27 heavy (non-hydrogen) atoms. The van der Waals surface area contributed by atoms with E-state index in [0.717, 1.165) is 15.7 Å². The third-order valence-corrected chi connectivity index (χ3v) is 4.96. The van der Waals surface area contributed by atoms with E-state index in [4.69, 9.17) is 0 Å². The topological polar surface area (TPSA) is 66.0 Å². The minimum absolute atomic E-state index is 0.0695. The number of halogens is 1. The summed E-state index contributed by atoms with van der Waals surface area (Å²) in [7, 11) is 0. The van der Waals surface area contributed by atoms with E-state index in [0.29, 0.717) is 23.7 Å². The highest BCUT2D eigenvalue weighted by Crippen LogP contribution is 2.26. The number of aromatic nitrogens is 1. The highest BCUT2D eigenvalue weighted by Gasteiger charge is 2.19. The Kier molecular flexibility index (Phi) is 4.81. The van der Waals surface area contributed by atoms with E-state index >= 15 is 0 Å². The summed E-state index contributed by atoms with van der Waals surface area (Å²) < 4.78 is 1.02. The molecule has 0 saturated carbocycles. The first-order valence-corrected chi connectivity index (χ1v) is 9.50. The fourth-order valence-corrected chi connectivity index (χ4v) is 3.22. The van der Waals surface area contributed by atoms with Crippen LogP contribution < -0.4 is 21.4 Å². The normalized spacial score (nSPS) is 14.8. The molecule has 3 aromatic rings. The minimum Gasteiger partial charge on any atom is -0.379 e. The predicted molar refractivity (Wildman–Crippen MR) is 113 cm³/mol. The molecular weight excluding hydrogens is 404 g/mol. The van der Waals surface area contributed by atoms with Crippen molar-refractivity contribution in [2.24, 2.45) is 0 Å². The van der Waals surface area contributed by atoms with Crippen molar-refractivity contribution in [2.75, 3.05) is 16.0 Å². The van der Waals surface area contributed by atoms with Crippen LogP contribution in [0.1, 0.15) is 23.0 Å². The number of hydrogen-bond donors (Lipinski definition) is 3. The number of fused-ring (bicyclic) bond motifs is 2. The van der Waals surface area contributed by atoms with Gasteiger partial charge in [0.1, 0.15) is 12.0 Å². The summed E-state index contributed by atoms with van der Waals surface area (Å²) in [6.07, 6.45) is -0.180. The van der Waals surface area contributed by atoms with E-state index in [1.165, 1.54) is 5.56 Å². The van der Waals surface area contributed by atoms with Crippen molar-refractivity contribution in [3.8, 4) is 0 Å². The number of rotatable bonds is 4. The molecule has 6 heteroatoms. The van der Waals surface area contributed by atoms with Crippen LogP contribution in [0.15, 0.2) is 69.9 Å². The second-order valence-corrected chi connectivity index (χ2v) is 7.46. The highest BCUT2D eigenvalue weighted by atomic mass is 79.9. The molecule has 1 aliphatic rings. The molecule has 0 radical (unpaired) electrons. The van der Waals surface area contributed by atoms with Crippen LogP contribution >= 0.6 is 15.9 Å². The van der Waals surface area contributed by atoms with Gasteiger partial charge >= 0.3 is 0 Å². The Hall–Kier alpha value is -2.86. The Morgan fingerprint density at radius 3 is 2.52 bits per heavy atom. The van der Waals surface area contributed by atoms with Gasteiger partial charge in [-0.2, -0.15) is 0 Å². The van der Waals surface area contributed by atoms with Crippen LogP contribution in [0.25, 0.3) is 0 Å². The van der Waals surface area contributed by atoms with E-state index in [2.05, 4.69) is 55.9 Å². The molecule has 4 rings (SSSR count). The molecule has 0 aliphatic carbocycles. The lowest BCUT2D eigenvalue weighted by Gasteiger charge is -2.25. The van der Waals surface area contributed by atoms with E-state index in [-0.39, 0.29) is 11.6 Å². The molecule has 3 N–H and O–H groups in total. The van der Waals surface area contributed by atoms with E-state index < -0.39 is 0 Å². The number of benzene rings is 2. The summed E-state index contributed by atoms with van der Waals surface area (Å²) in [6, 6.07) is 19.4. The summed E-state index contributed by atoms with van der Waals surface area (Å²) in [5.74, 6) is 0.684. The van der Waals surface area contributed by atoms with Crippen LogP contribution in [-0.4, -0.2) is 4.98 Å². The SMILES string of the molecule is Cc1ccc(C2Nc3cc(c(=O)cc(CNc4ccc(Br)cc4)n3)N2)cc1. The van der Waals surface area contributed by atoms with Gasteiger partial charge in [-0.3, -0.25) is 4.79 Å². The van der Waals surface area contributed by atoms with Crippen molar-refractivity contribution < 1.29 is 0 Å². The van der Waals surface area contributed by atoms with Crippen molar-refractivity contribution in [1.29, 1.82) is 0 Å². The van der Waals surface area contributed by atoms with Gasteiger partial charge in [0.2, 0.25) is 5.43 Å². The van der Waals surface area contributed by atoms with Crippen LogP contribution in [0, 0.1) is 6.92 Å². The van der Waals surface area contributed by atoms with Crippen LogP contribution in [0.4, 0.5) is 17.2 Å². The van der Waals surface area contributed by atoms with E-state index in [1.807, 2.05) is 36.4 Å². The number of hydrogen-bond acceptors (Lipinski definition) is 5. The third-order valence-electron chi connectivity index (χ3n) is 4.43. The molecule has 136 valence electrons. The van der Waals surface area contributed by atoms with Gasteiger partial charge in [-0.15, -0.1) is 0 Å². The lowest BCUT2D eigenvalue weighted by atomic mass is 10.1. The smallest absolute Gasteiger partial charge is 0.203 e. The Labute approximate surface area is 166 Å². The average molecular weight is 423 g/mol. The van der Waals surface area contributed by atoms with Crippen molar-refractivity contribution in [3.05, 3.63) is 92.2 Å². The Balaban J connectivity index is 1.56. The maximum Gasteiger partial charge on any atom is 0.203 e. The molecular formula is C21H19BrN4O. The van der Waals surface area contributed by atoms with Crippen molar-refractivity contribution in [3.63, 3.8) is 0 Å². The fourth-order valence-electron chi connectivity index (χ4n) is 2.96. The minimum atomic E-state index is -0.180. The Morgan fingerprint density at radius 2 is 1.78 bits per heavy atom. The van der Waals surface area contributed by atoms with Gasteiger partial charge in [0, 0.05) is 22.3 Å². The van der Waals surface area contributed by atoms with Gasteiger partial charge < -0.3 is 16.0 Å². The molecule has 2 heterocycles. The zero-order chi connectivity index (χ0) is 18.8. The van der Waals surface area contributed by atoms with Crippen LogP contribution in [0.5, 0.6) is 0 Å². The zero-order valence-electron chi connectivity index (χ0n) is 14.8. The van der Waals surface area contributed by atoms with Gasteiger partial charge in [0.25, 0.3) is 0 Å². The summed E-state index contributed by atoms with van der Waals surface area (Å²) in [5.41, 5.74) is 4.39. The zero-order valence-corrected chi connectivity index (χ0v) is 16.4. The second kappa shape index (κ2) is 7.40. The number of nitrogens with one attached hydrogen (secondary N) is 3. The molecule has 0 saturated heterocycles. The van der Waals surface area contributed by atoms with Gasteiger partial charge in [-0.25, -0.2) is 4.98 Å². The predicted octanol–water partition coefficient (Wildman–Crippen LogP) is 4.66. The van der Waals surface area contributed by atoms with Crippen molar-refractivity contribution >= 4 is 33.1 Å². The lowest BCUT2D eigenvalue weighted by Crippen LogP contribution is -2.25. The van der Waals surface area contributed by atoms with Crippen LogP contribution in [0.2, 0.25) is 0 Å².